The van der Waals surface area contributed by atoms with Crippen LogP contribution in [0.3, 0.4) is 0 Å². The van der Waals surface area contributed by atoms with Crippen LogP contribution in [-0.2, 0) is 14.2 Å². The molecule has 0 radical (unpaired) electrons. The molecule has 1 aliphatic rings. The van der Waals surface area contributed by atoms with Crippen LogP contribution in [0.15, 0.2) is 30.3 Å². The second kappa shape index (κ2) is 5.50. The number of rotatable bonds is 4. The number of benzene rings is 1. The highest BCUT2D eigenvalue weighted by atomic mass is 16.7. The van der Waals surface area contributed by atoms with Crippen LogP contribution in [0.4, 0.5) is 0 Å². The zero-order valence-corrected chi connectivity index (χ0v) is 10.2. The van der Waals surface area contributed by atoms with E-state index in [2.05, 4.69) is 0 Å². The normalized spacial score (nSPS) is 33.6. The van der Waals surface area contributed by atoms with Crippen molar-refractivity contribution in [3.63, 3.8) is 0 Å². The van der Waals surface area contributed by atoms with E-state index >= 15 is 0 Å². The van der Waals surface area contributed by atoms with Crippen LogP contribution < -0.4 is 0 Å². The topological polar surface area (TPSA) is 44.8 Å². The predicted octanol–water partition coefficient (Wildman–Crippen LogP) is 2.39. The highest BCUT2D eigenvalue weighted by Crippen LogP contribution is 2.23. The Morgan fingerprint density at radius 2 is 2.33 bits per heavy atom. The van der Waals surface area contributed by atoms with Crippen LogP contribution in [0.1, 0.15) is 37.5 Å². The second-order valence-corrected chi connectivity index (χ2v) is 4.21. The third-order valence-electron chi connectivity index (χ3n) is 2.19. The van der Waals surface area contributed by atoms with Crippen molar-refractivity contribution in [2.24, 2.45) is 0 Å². The van der Waals surface area contributed by atoms with Crippen molar-refractivity contribution in [1.82, 2.24) is 0 Å². The molecule has 1 heterocycles. The van der Waals surface area contributed by atoms with Gasteiger partial charge in [-0.15, -0.1) is 0 Å². The van der Waals surface area contributed by atoms with Crippen molar-refractivity contribution < 1.29 is 25.9 Å². The number of carbonyl (C=O) groups excluding carboxylic acids is 1. The highest BCUT2D eigenvalue weighted by molar-refractivity contribution is 5.89. The zero-order chi connectivity index (χ0) is 17.5. The molecule has 0 N–H and O–H groups in total. The van der Waals surface area contributed by atoms with E-state index in [1.54, 1.807) is 18.2 Å². The Labute approximate surface area is 114 Å². The lowest BCUT2D eigenvalue weighted by molar-refractivity contribution is -0.139. The van der Waals surface area contributed by atoms with Gasteiger partial charge in [0.15, 0.2) is 5.79 Å². The fraction of sp³-hybridized carbons (Fsp3) is 0.500. The SMILES string of the molecule is [2H]C([2H])(CC1([2H])OC(C)(C)OC1([2H])[2H])OC(=O)c1ccccc1. The van der Waals surface area contributed by atoms with Crippen LogP contribution in [0.2, 0.25) is 0 Å². The molecule has 1 fully saturated rings. The van der Waals surface area contributed by atoms with Gasteiger partial charge >= 0.3 is 5.97 Å². The lowest BCUT2D eigenvalue weighted by atomic mass is 10.2. The number of hydrogen-bond acceptors (Lipinski definition) is 4. The zero-order valence-electron chi connectivity index (χ0n) is 15.2. The molecule has 0 aliphatic carbocycles. The average molecular weight is 255 g/mol. The van der Waals surface area contributed by atoms with Crippen molar-refractivity contribution in [2.75, 3.05) is 13.1 Å². The fourth-order valence-corrected chi connectivity index (χ4v) is 1.39. The minimum atomic E-state index is -2.61. The summed E-state index contributed by atoms with van der Waals surface area (Å²) in [5.41, 5.74) is 0.155. The first kappa shape index (κ1) is 7.92. The predicted molar refractivity (Wildman–Crippen MR) is 66.2 cm³/mol. The molecule has 1 saturated heterocycles. The van der Waals surface area contributed by atoms with Gasteiger partial charge in [0.2, 0.25) is 0 Å². The maximum atomic E-state index is 11.9. The first-order valence-electron chi connectivity index (χ1n) is 8.05. The van der Waals surface area contributed by atoms with Gasteiger partial charge in [-0.2, -0.15) is 0 Å². The molecule has 98 valence electrons. The molecule has 0 saturated carbocycles. The summed E-state index contributed by atoms with van der Waals surface area (Å²) < 4.78 is 54.2. The monoisotopic (exact) mass is 255 g/mol. The standard InChI is InChI=1S/C14H18O4/c1-14(2)17-10-12(18-14)8-9-16-13(15)11-6-4-3-5-7-11/h3-7,12H,8-10H2,1-2H3/i9D2,10D2,12D. The summed E-state index contributed by atoms with van der Waals surface area (Å²) in [5, 5.41) is 0. The molecule has 0 aromatic heterocycles. The van der Waals surface area contributed by atoms with E-state index in [0.717, 1.165) is 0 Å². The van der Waals surface area contributed by atoms with E-state index in [9.17, 15) is 4.79 Å². The summed E-state index contributed by atoms with van der Waals surface area (Å²) in [6.45, 7) is -2.31. The van der Waals surface area contributed by atoms with Gasteiger partial charge in [-0.1, -0.05) is 18.2 Å². The third kappa shape index (κ3) is 3.55. The van der Waals surface area contributed by atoms with E-state index in [1.807, 2.05) is 0 Å². The summed E-state index contributed by atoms with van der Waals surface area (Å²) in [4.78, 5) is 11.9. The minimum absolute atomic E-state index is 0.155. The van der Waals surface area contributed by atoms with Crippen LogP contribution in [-0.4, -0.2) is 31.0 Å². The van der Waals surface area contributed by atoms with E-state index in [1.165, 1.54) is 26.0 Å². The first-order valence-corrected chi connectivity index (χ1v) is 5.55. The van der Waals surface area contributed by atoms with Gasteiger partial charge in [0.05, 0.1) is 31.6 Å². The van der Waals surface area contributed by atoms with E-state index < -0.39 is 37.4 Å². The van der Waals surface area contributed by atoms with Crippen LogP contribution in [0.5, 0.6) is 0 Å². The van der Waals surface area contributed by atoms with Crippen molar-refractivity contribution in [1.29, 1.82) is 0 Å². The van der Waals surface area contributed by atoms with Crippen molar-refractivity contribution in [3.05, 3.63) is 35.9 Å². The van der Waals surface area contributed by atoms with Crippen molar-refractivity contribution in [2.45, 2.75) is 32.1 Å². The molecular formula is C14H18O4. The molecule has 1 aromatic rings. The third-order valence-corrected chi connectivity index (χ3v) is 2.19. The minimum Gasteiger partial charge on any atom is -0.462 e. The summed E-state index contributed by atoms with van der Waals surface area (Å²) in [6, 6.07) is 7.84. The van der Waals surface area contributed by atoms with Gasteiger partial charge in [0.25, 0.3) is 0 Å². The van der Waals surface area contributed by atoms with Crippen LogP contribution in [0, 0.1) is 0 Å². The molecule has 4 nitrogen and oxygen atoms in total. The number of ether oxygens (including phenoxy) is 3. The molecular weight excluding hydrogens is 232 g/mol. The van der Waals surface area contributed by atoms with Crippen LogP contribution in [0.25, 0.3) is 0 Å². The molecule has 1 atom stereocenters. The van der Waals surface area contributed by atoms with Gasteiger partial charge in [0.1, 0.15) is 0 Å². The smallest absolute Gasteiger partial charge is 0.338 e. The Hall–Kier alpha value is -1.39. The fourth-order valence-electron chi connectivity index (χ4n) is 1.39. The molecule has 4 heteroatoms. The number of esters is 1. The van der Waals surface area contributed by atoms with E-state index in [0.29, 0.717) is 0 Å². The lowest BCUT2D eigenvalue weighted by Gasteiger charge is -2.16. The summed E-state index contributed by atoms with van der Waals surface area (Å²) in [7, 11) is 0. The first-order chi connectivity index (χ1) is 10.4. The maximum absolute atomic E-state index is 11.9. The summed E-state index contributed by atoms with van der Waals surface area (Å²) in [5.74, 6) is -2.29. The van der Waals surface area contributed by atoms with E-state index in [4.69, 9.17) is 21.1 Å². The average Bonchev–Trinajstić information content (AvgIpc) is 2.51. The summed E-state index contributed by atoms with van der Waals surface area (Å²) in [6.07, 6.45) is -3.19. The van der Waals surface area contributed by atoms with Gasteiger partial charge in [-0.25, -0.2) is 4.79 Å². The maximum Gasteiger partial charge on any atom is 0.338 e. The Morgan fingerprint density at radius 3 is 2.94 bits per heavy atom. The van der Waals surface area contributed by atoms with Gasteiger partial charge in [-0.3, -0.25) is 0 Å². The molecule has 0 spiro atoms. The Kier molecular flexibility index (Phi) is 2.42. The second-order valence-electron chi connectivity index (χ2n) is 4.21. The molecule has 0 amide bonds. The molecule has 1 aromatic carbocycles. The van der Waals surface area contributed by atoms with E-state index in [-0.39, 0.29) is 5.56 Å². The molecule has 0 bridgehead atoms. The quantitative estimate of drug-likeness (QED) is 0.775. The number of carbonyl (C=O) groups is 1. The molecule has 18 heavy (non-hydrogen) atoms. The highest BCUT2D eigenvalue weighted by Gasteiger charge is 2.32. The largest absolute Gasteiger partial charge is 0.462 e. The van der Waals surface area contributed by atoms with Crippen molar-refractivity contribution in [3.8, 4) is 0 Å². The molecule has 2 rings (SSSR count). The molecule has 1 unspecified atom stereocenters. The molecule has 1 aliphatic heterocycles. The van der Waals surface area contributed by atoms with Crippen LogP contribution >= 0.6 is 0 Å². The van der Waals surface area contributed by atoms with Crippen molar-refractivity contribution >= 4 is 5.97 Å². The lowest BCUT2D eigenvalue weighted by Crippen LogP contribution is -2.22. The van der Waals surface area contributed by atoms with Gasteiger partial charge in [0, 0.05) is 6.42 Å². The van der Waals surface area contributed by atoms with Gasteiger partial charge < -0.3 is 14.2 Å². The van der Waals surface area contributed by atoms with Gasteiger partial charge in [-0.05, 0) is 26.0 Å². The summed E-state index contributed by atoms with van der Waals surface area (Å²) >= 11 is 0. The Balaban J connectivity index is 2.13. The number of hydrogen-bond donors (Lipinski definition) is 0. The Bertz CT molecular complexity index is 590. The Morgan fingerprint density at radius 1 is 1.61 bits per heavy atom.